The number of hydrogen-bond acceptors (Lipinski definition) is 5. The summed E-state index contributed by atoms with van der Waals surface area (Å²) in [6.45, 7) is 4.67. The van der Waals surface area contributed by atoms with Crippen LogP contribution in [0, 0.1) is 0 Å². The number of carbonyl (C=O) groups excluding carboxylic acids is 1. The summed E-state index contributed by atoms with van der Waals surface area (Å²) in [6.07, 6.45) is 3.11. The molecule has 0 spiro atoms. The standard InChI is InChI=1S/C20H28N4O4/c1-4-6-11-23(19(26)14-9-8-10-15(13-14)28-3)16-17(21)24(12-7-5-2)20(27)22-18(16)25/h8-10,13H,4-7,11-12,21H2,1-3H3,(H,22,25,27). The van der Waals surface area contributed by atoms with Gasteiger partial charge in [-0.2, -0.15) is 0 Å². The molecule has 3 N–H and O–H groups in total. The Morgan fingerprint density at radius 3 is 2.57 bits per heavy atom. The lowest BCUT2D eigenvalue weighted by atomic mass is 10.1. The van der Waals surface area contributed by atoms with Gasteiger partial charge in [0.1, 0.15) is 11.6 Å². The first kappa shape index (κ1) is 21.3. The van der Waals surface area contributed by atoms with Gasteiger partial charge in [0.25, 0.3) is 11.5 Å². The molecular formula is C20H28N4O4. The minimum absolute atomic E-state index is 0.00884. The SMILES string of the molecule is CCCCN(C(=O)c1cccc(OC)c1)c1c(N)n(CCCC)c(=O)[nH]c1=O. The third kappa shape index (κ3) is 4.62. The van der Waals surface area contributed by atoms with Gasteiger partial charge in [0, 0.05) is 18.7 Å². The largest absolute Gasteiger partial charge is 0.497 e. The monoisotopic (exact) mass is 388 g/mol. The van der Waals surface area contributed by atoms with Crippen molar-refractivity contribution in [2.24, 2.45) is 0 Å². The summed E-state index contributed by atoms with van der Waals surface area (Å²) in [4.78, 5) is 41.6. The van der Waals surface area contributed by atoms with Gasteiger partial charge in [-0.25, -0.2) is 4.79 Å². The van der Waals surface area contributed by atoms with Gasteiger partial charge in [-0.05, 0) is 31.0 Å². The summed E-state index contributed by atoms with van der Waals surface area (Å²) in [6, 6.07) is 6.71. The summed E-state index contributed by atoms with van der Waals surface area (Å²) < 4.78 is 6.51. The van der Waals surface area contributed by atoms with Gasteiger partial charge in [-0.1, -0.05) is 32.8 Å². The molecule has 1 heterocycles. The van der Waals surface area contributed by atoms with E-state index in [9.17, 15) is 14.4 Å². The van der Waals surface area contributed by atoms with E-state index in [0.717, 1.165) is 19.3 Å². The first-order valence-corrected chi connectivity index (χ1v) is 9.53. The van der Waals surface area contributed by atoms with E-state index < -0.39 is 11.2 Å². The second kappa shape index (κ2) is 9.77. The van der Waals surface area contributed by atoms with E-state index in [2.05, 4.69) is 4.98 Å². The average molecular weight is 388 g/mol. The normalized spacial score (nSPS) is 10.7. The molecule has 8 heteroatoms. The maximum Gasteiger partial charge on any atom is 0.330 e. The molecule has 0 atom stereocenters. The number of anilines is 2. The number of nitrogens with zero attached hydrogens (tertiary/aromatic N) is 2. The van der Waals surface area contributed by atoms with Crippen LogP contribution in [0.1, 0.15) is 49.9 Å². The van der Waals surface area contributed by atoms with E-state index in [0.29, 0.717) is 30.8 Å². The van der Waals surface area contributed by atoms with Crippen molar-refractivity contribution in [2.45, 2.75) is 46.1 Å². The average Bonchev–Trinajstić information content (AvgIpc) is 2.69. The minimum Gasteiger partial charge on any atom is -0.497 e. The van der Waals surface area contributed by atoms with Crippen molar-refractivity contribution in [3.05, 3.63) is 50.7 Å². The van der Waals surface area contributed by atoms with E-state index in [4.69, 9.17) is 10.5 Å². The number of ether oxygens (including phenoxy) is 1. The predicted octanol–water partition coefficient (Wildman–Crippen LogP) is 2.37. The fourth-order valence-electron chi connectivity index (χ4n) is 2.92. The maximum absolute atomic E-state index is 13.2. The van der Waals surface area contributed by atoms with Crippen LogP contribution in [0.3, 0.4) is 0 Å². The van der Waals surface area contributed by atoms with Crippen LogP contribution in [0.25, 0.3) is 0 Å². The first-order chi connectivity index (χ1) is 13.4. The molecule has 152 valence electrons. The Balaban J connectivity index is 2.57. The summed E-state index contributed by atoms with van der Waals surface area (Å²) in [5.74, 6) is 0.177. The van der Waals surface area contributed by atoms with Crippen molar-refractivity contribution >= 4 is 17.4 Å². The molecule has 0 fully saturated rings. The highest BCUT2D eigenvalue weighted by molar-refractivity contribution is 6.07. The van der Waals surface area contributed by atoms with Crippen molar-refractivity contribution in [3.8, 4) is 5.75 Å². The molecule has 0 radical (unpaired) electrons. The zero-order valence-corrected chi connectivity index (χ0v) is 16.7. The summed E-state index contributed by atoms with van der Waals surface area (Å²) in [5, 5.41) is 0. The van der Waals surface area contributed by atoms with Crippen molar-refractivity contribution in [1.82, 2.24) is 9.55 Å². The van der Waals surface area contributed by atoms with Crippen LogP contribution in [0.5, 0.6) is 5.75 Å². The third-order valence-electron chi connectivity index (χ3n) is 4.52. The summed E-state index contributed by atoms with van der Waals surface area (Å²) in [7, 11) is 1.52. The van der Waals surface area contributed by atoms with Crippen LogP contribution in [0.15, 0.2) is 33.9 Å². The van der Waals surface area contributed by atoms with Gasteiger partial charge in [0.2, 0.25) is 0 Å². The van der Waals surface area contributed by atoms with Crippen LogP contribution in [-0.2, 0) is 6.54 Å². The predicted molar refractivity (Wildman–Crippen MR) is 110 cm³/mol. The van der Waals surface area contributed by atoms with Gasteiger partial charge >= 0.3 is 5.69 Å². The second-order valence-electron chi connectivity index (χ2n) is 6.54. The third-order valence-corrected chi connectivity index (χ3v) is 4.52. The molecular weight excluding hydrogens is 360 g/mol. The van der Waals surface area contributed by atoms with Gasteiger partial charge < -0.3 is 15.4 Å². The summed E-state index contributed by atoms with van der Waals surface area (Å²) >= 11 is 0. The number of carbonyl (C=O) groups is 1. The molecule has 0 aliphatic rings. The Labute approximate surface area is 163 Å². The first-order valence-electron chi connectivity index (χ1n) is 9.53. The topological polar surface area (TPSA) is 110 Å². The highest BCUT2D eigenvalue weighted by atomic mass is 16.5. The number of methoxy groups -OCH3 is 1. The molecule has 0 aliphatic carbocycles. The number of amides is 1. The lowest BCUT2D eigenvalue weighted by molar-refractivity contribution is 0.0986. The molecule has 28 heavy (non-hydrogen) atoms. The van der Waals surface area contributed by atoms with Gasteiger partial charge in [0.15, 0.2) is 5.69 Å². The molecule has 1 amide bonds. The second-order valence-corrected chi connectivity index (χ2v) is 6.54. The van der Waals surface area contributed by atoms with Crippen molar-refractivity contribution in [3.63, 3.8) is 0 Å². The molecule has 0 aliphatic heterocycles. The van der Waals surface area contributed by atoms with Crippen LogP contribution in [0.2, 0.25) is 0 Å². The van der Waals surface area contributed by atoms with Gasteiger partial charge in [-0.3, -0.25) is 19.1 Å². The zero-order valence-electron chi connectivity index (χ0n) is 16.7. The van der Waals surface area contributed by atoms with Crippen LogP contribution < -0.4 is 26.6 Å². The molecule has 0 unspecified atom stereocenters. The lowest BCUT2D eigenvalue weighted by Gasteiger charge is -2.24. The number of hydrogen-bond donors (Lipinski definition) is 2. The number of benzene rings is 1. The molecule has 1 aromatic heterocycles. The van der Waals surface area contributed by atoms with Crippen molar-refractivity contribution < 1.29 is 9.53 Å². The van der Waals surface area contributed by atoms with E-state index in [1.165, 1.54) is 16.6 Å². The van der Waals surface area contributed by atoms with Crippen LogP contribution in [-0.4, -0.2) is 29.1 Å². The Hall–Kier alpha value is -3.03. The molecule has 2 rings (SSSR count). The van der Waals surface area contributed by atoms with Crippen LogP contribution in [0.4, 0.5) is 11.5 Å². The number of nitrogens with one attached hydrogen (secondary N) is 1. The molecule has 0 bridgehead atoms. The van der Waals surface area contributed by atoms with E-state index in [1.54, 1.807) is 24.3 Å². The smallest absolute Gasteiger partial charge is 0.330 e. The molecule has 2 aromatic rings. The number of unbranched alkanes of at least 4 members (excludes halogenated alkanes) is 2. The number of H-pyrrole nitrogens is 1. The Bertz CT molecular complexity index is 933. The quantitative estimate of drug-likeness (QED) is 0.685. The van der Waals surface area contributed by atoms with Gasteiger partial charge in [0.05, 0.1) is 7.11 Å². The number of aromatic amines is 1. The van der Waals surface area contributed by atoms with Crippen molar-refractivity contribution in [2.75, 3.05) is 24.3 Å². The number of nitrogen functional groups attached to an aromatic ring is 1. The molecule has 0 saturated heterocycles. The molecule has 1 aromatic carbocycles. The highest BCUT2D eigenvalue weighted by Gasteiger charge is 2.25. The number of aromatic nitrogens is 2. The fraction of sp³-hybridized carbons (Fsp3) is 0.450. The maximum atomic E-state index is 13.2. The lowest BCUT2D eigenvalue weighted by Crippen LogP contribution is -2.41. The Kier molecular flexibility index (Phi) is 7.43. The van der Waals surface area contributed by atoms with E-state index in [-0.39, 0.29) is 17.4 Å². The van der Waals surface area contributed by atoms with Crippen LogP contribution >= 0.6 is 0 Å². The summed E-state index contributed by atoms with van der Waals surface area (Å²) in [5.41, 5.74) is 5.35. The fourth-order valence-corrected chi connectivity index (χ4v) is 2.92. The highest BCUT2D eigenvalue weighted by Crippen LogP contribution is 2.22. The van der Waals surface area contributed by atoms with Gasteiger partial charge in [-0.15, -0.1) is 0 Å². The minimum atomic E-state index is -0.664. The zero-order chi connectivity index (χ0) is 20.7. The van der Waals surface area contributed by atoms with E-state index in [1.807, 2.05) is 13.8 Å². The Morgan fingerprint density at radius 1 is 1.21 bits per heavy atom. The number of nitrogens with two attached hydrogens (primary N) is 1. The molecule has 0 saturated carbocycles. The number of rotatable bonds is 9. The van der Waals surface area contributed by atoms with E-state index >= 15 is 0 Å². The molecule has 8 nitrogen and oxygen atoms in total. The Morgan fingerprint density at radius 2 is 1.93 bits per heavy atom. The van der Waals surface area contributed by atoms with Crippen molar-refractivity contribution in [1.29, 1.82) is 0 Å².